The van der Waals surface area contributed by atoms with Crippen LogP contribution in [0.4, 0.5) is 0 Å². The molecule has 1 unspecified atom stereocenters. The highest BCUT2D eigenvalue weighted by Gasteiger charge is 2.18. The van der Waals surface area contributed by atoms with E-state index in [0.717, 1.165) is 35.6 Å². The zero-order chi connectivity index (χ0) is 14.4. The summed E-state index contributed by atoms with van der Waals surface area (Å²) < 4.78 is 26.8. The van der Waals surface area contributed by atoms with Crippen LogP contribution in [0.25, 0.3) is 0 Å². The van der Waals surface area contributed by atoms with Crippen molar-refractivity contribution < 1.29 is 8.42 Å². The molecule has 1 aliphatic heterocycles. The van der Waals surface area contributed by atoms with Crippen LogP contribution in [0, 0.1) is 5.92 Å². The molecule has 4 nitrogen and oxygen atoms in total. The maximum atomic E-state index is 12.0. The topological polar surface area (TPSA) is 58.2 Å². The summed E-state index contributed by atoms with van der Waals surface area (Å²) in [6.07, 6.45) is 1.12. The van der Waals surface area contributed by atoms with Gasteiger partial charge in [-0.1, -0.05) is 24.3 Å². The second-order valence-corrected chi connectivity index (χ2v) is 8.14. The second kappa shape index (κ2) is 7.45. The van der Waals surface area contributed by atoms with Crippen molar-refractivity contribution >= 4 is 21.8 Å². The Hall–Kier alpha value is -0.560. The molecule has 0 aliphatic carbocycles. The second-order valence-electron chi connectivity index (χ2n) is 5.18. The summed E-state index contributed by atoms with van der Waals surface area (Å²) in [6, 6.07) is 7.71. The largest absolute Gasteiger partial charge is 0.316 e. The van der Waals surface area contributed by atoms with Gasteiger partial charge in [0, 0.05) is 13.1 Å². The van der Waals surface area contributed by atoms with E-state index in [0.29, 0.717) is 12.5 Å². The molecule has 1 atom stereocenters. The highest BCUT2D eigenvalue weighted by Crippen LogP contribution is 2.22. The van der Waals surface area contributed by atoms with Gasteiger partial charge in [0.1, 0.15) is 0 Å². The number of nitrogens with one attached hydrogen (secondary N) is 2. The molecule has 0 saturated carbocycles. The molecule has 0 aromatic heterocycles. The summed E-state index contributed by atoms with van der Waals surface area (Å²) in [7, 11) is -1.33. The summed E-state index contributed by atoms with van der Waals surface area (Å²) in [5, 5.41) is 3.07. The number of hydrogen-bond donors (Lipinski definition) is 2. The summed E-state index contributed by atoms with van der Waals surface area (Å²) in [4.78, 5) is 0. The van der Waals surface area contributed by atoms with Crippen molar-refractivity contribution in [2.24, 2.45) is 5.92 Å². The zero-order valence-electron chi connectivity index (χ0n) is 11.8. The first kappa shape index (κ1) is 15.8. The van der Waals surface area contributed by atoms with Gasteiger partial charge in [-0.3, -0.25) is 0 Å². The van der Waals surface area contributed by atoms with E-state index in [9.17, 15) is 8.42 Å². The van der Waals surface area contributed by atoms with Crippen LogP contribution in [0.5, 0.6) is 0 Å². The number of sulfonamides is 1. The molecule has 0 bridgehead atoms. The molecular formula is C14H22N2O2S2. The van der Waals surface area contributed by atoms with Crippen LogP contribution in [0.15, 0.2) is 24.3 Å². The van der Waals surface area contributed by atoms with Crippen LogP contribution in [0.1, 0.15) is 17.5 Å². The minimum absolute atomic E-state index is 0.0622. The van der Waals surface area contributed by atoms with Crippen LogP contribution in [-0.4, -0.2) is 33.5 Å². The predicted molar refractivity (Wildman–Crippen MR) is 85.3 cm³/mol. The van der Waals surface area contributed by atoms with Crippen molar-refractivity contribution in [3.05, 3.63) is 35.4 Å². The SMILES string of the molecule is CNCc1ccc(CS(=O)(=O)NCC2CCSC2)cc1. The van der Waals surface area contributed by atoms with Crippen molar-refractivity contribution in [3.8, 4) is 0 Å². The molecule has 0 spiro atoms. The molecule has 0 amide bonds. The first-order valence-electron chi connectivity index (χ1n) is 6.86. The first-order chi connectivity index (χ1) is 9.59. The van der Waals surface area contributed by atoms with E-state index < -0.39 is 10.0 Å². The van der Waals surface area contributed by atoms with Crippen molar-refractivity contribution in [2.75, 3.05) is 25.1 Å². The van der Waals surface area contributed by atoms with Crippen molar-refractivity contribution in [2.45, 2.75) is 18.7 Å². The molecule has 1 aliphatic rings. The molecule has 1 saturated heterocycles. The minimum Gasteiger partial charge on any atom is -0.316 e. The van der Waals surface area contributed by atoms with Gasteiger partial charge in [-0.05, 0) is 42.0 Å². The van der Waals surface area contributed by atoms with E-state index in [1.54, 1.807) is 0 Å². The first-order valence-corrected chi connectivity index (χ1v) is 9.67. The van der Waals surface area contributed by atoms with Crippen LogP contribution < -0.4 is 10.0 Å². The normalized spacial score (nSPS) is 19.4. The molecule has 6 heteroatoms. The molecule has 0 radical (unpaired) electrons. The Labute approximate surface area is 125 Å². The van der Waals surface area contributed by atoms with Gasteiger partial charge in [-0.15, -0.1) is 0 Å². The Morgan fingerprint density at radius 2 is 1.95 bits per heavy atom. The quantitative estimate of drug-likeness (QED) is 0.802. The molecule has 1 heterocycles. The van der Waals surface area contributed by atoms with E-state index in [1.165, 1.54) is 0 Å². The Bertz CT molecular complexity index is 508. The molecular weight excluding hydrogens is 292 g/mol. The van der Waals surface area contributed by atoms with E-state index in [1.807, 2.05) is 43.1 Å². The Morgan fingerprint density at radius 1 is 1.25 bits per heavy atom. The lowest BCUT2D eigenvalue weighted by Gasteiger charge is -2.11. The maximum Gasteiger partial charge on any atom is 0.215 e. The van der Waals surface area contributed by atoms with Crippen molar-refractivity contribution in [1.82, 2.24) is 10.0 Å². The number of thioether (sulfide) groups is 1. The molecule has 2 N–H and O–H groups in total. The Balaban J connectivity index is 1.86. The van der Waals surface area contributed by atoms with Gasteiger partial charge in [-0.2, -0.15) is 11.8 Å². The van der Waals surface area contributed by atoms with Crippen LogP contribution in [0.3, 0.4) is 0 Å². The summed E-state index contributed by atoms with van der Waals surface area (Å²) in [6.45, 7) is 1.37. The van der Waals surface area contributed by atoms with Gasteiger partial charge in [-0.25, -0.2) is 13.1 Å². The van der Waals surface area contributed by atoms with Gasteiger partial charge in [0.2, 0.25) is 10.0 Å². The fraction of sp³-hybridized carbons (Fsp3) is 0.571. The van der Waals surface area contributed by atoms with Gasteiger partial charge in [0.15, 0.2) is 0 Å². The number of benzene rings is 1. The smallest absolute Gasteiger partial charge is 0.215 e. The van der Waals surface area contributed by atoms with E-state index >= 15 is 0 Å². The average Bonchev–Trinajstić information content (AvgIpc) is 2.92. The average molecular weight is 314 g/mol. The number of hydrogen-bond acceptors (Lipinski definition) is 4. The van der Waals surface area contributed by atoms with Crippen molar-refractivity contribution in [3.63, 3.8) is 0 Å². The van der Waals surface area contributed by atoms with Gasteiger partial charge in [0.25, 0.3) is 0 Å². The molecule has 1 aromatic rings. The predicted octanol–water partition coefficient (Wildman–Crippen LogP) is 1.58. The third-order valence-electron chi connectivity index (χ3n) is 3.38. The molecule has 112 valence electrons. The highest BCUT2D eigenvalue weighted by atomic mass is 32.2. The Morgan fingerprint density at radius 3 is 2.55 bits per heavy atom. The third kappa shape index (κ3) is 5.09. The maximum absolute atomic E-state index is 12.0. The highest BCUT2D eigenvalue weighted by molar-refractivity contribution is 7.99. The van der Waals surface area contributed by atoms with E-state index in [2.05, 4.69) is 10.0 Å². The van der Waals surface area contributed by atoms with Crippen LogP contribution >= 0.6 is 11.8 Å². The zero-order valence-corrected chi connectivity index (χ0v) is 13.4. The van der Waals surface area contributed by atoms with Crippen LogP contribution in [-0.2, 0) is 22.3 Å². The van der Waals surface area contributed by atoms with Gasteiger partial charge >= 0.3 is 0 Å². The fourth-order valence-corrected chi connectivity index (χ4v) is 4.72. The lowest BCUT2D eigenvalue weighted by atomic mass is 10.1. The van der Waals surface area contributed by atoms with Gasteiger partial charge < -0.3 is 5.32 Å². The monoisotopic (exact) mass is 314 g/mol. The lowest BCUT2D eigenvalue weighted by Crippen LogP contribution is -2.30. The summed E-state index contributed by atoms with van der Waals surface area (Å²) in [5.74, 6) is 2.78. The van der Waals surface area contributed by atoms with Gasteiger partial charge in [0.05, 0.1) is 5.75 Å². The molecule has 1 aromatic carbocycles. The fourth-order valence-electron chi connectivity index (χ4n) is 2.22. The minimum atomic E-state index is -3.22. The molecule has 2 rings (SSSR count). The molecule has 1 fully saturated rings. The standard InChI is InChI=1S/C14H22N2O2S2/c1-15-8-12-2-4-13(5-3-12)11-20(17,18)16-9-14-6-7-19-10-14/h2-5,14-16H,6-11H2,1H3. The van der Waals surface area contributed by atoms with E-state index in [4.69, 9.17) is 0 Å². The van der Waals surface area contributed by atoms with Crippen LogP contribution in [0.2, 0.25) is 0 Å². The Kier molecular flexibility index (Phi) is 5.89. The molecule has 20 heavy (non-hydrogen) atoms. The van der Waals surface area contributed by atoms with Crippen molar-refractivity contribution in [1.29, 1.82) is 0 Å². The third-order valence-corrected chi connectivity index (χ3v) is 5.93. The lowest BCUT2D eigenvalue weighted by molar-refractivity contribution is 0.545. The summed E-state index contributed by atoms with van der Waals surface area (Å²) in [5.41, 5.74) is 1.99. The van der Waals surface area contributed by atoms with E-state index in [-0.39, 0.29) is 5.75 Å². The summed E-state index contributed by atoms with van der Waals surface area (Å²) >= 11 is 1.90. The number of rotatable bonds is 7.